The van der Waals surface area contributed by atoms with Crippen LogP contribution in [0.4, 0.5) is 0 Å². The second kappa shape index (κ2) is 56.4. The first-order valence-corrected chi connectivity index (χ1v) is 33.8. The van der Waals surface area contributed by atoms with E-state index in [-0.39, 0.29) is 19.1 Å². The summed E-state index contributed by atoms with van der Waals surface area (Å²) in [5, 5.41) is 14.1. The van der Waals surface area contributed by atoms with Crippen molar-refractivity contribution in [2.45, 2.75) is 334 Å². The van der Waals surface area contributed by atoms with Crippen LogP contribution in [-0.2, 0) is 18.4 Å². The Bertz CT molecular complexity index is 1300. The number of aliphatic hydroxyl groups is 1. The van der Waals surface area contributed by atoms with Crippen LogP contribution >= 0.6 is 7.82 Å². The standard InChI is InChI=1S/C65H127N2O6P/c1-6-8-10-12-14-16-18-20-22-24-26-28-30-32-33-35-36-38-40-42-44-46-48-50-52-54-56-58-64(68)63(62-73-74(70,71)72-61-60-67(3,4)5)66-65(69)59-57-55-53-51-49-47-45-43-41-39-37-34-31-29-27-25-23-21-19-17-15-13-11-9-7-2/h19,21,25,27,31,34,63-64,68H,6-18,20,22-24,26,28-30,32-33,35-62H2,1-5H3,(H-,66,69,70,71)/p+1/b21-19-,27-25-,34-31-. The second-order valence-electron chi connectivity index (χ2n) is 23.5. The molecule has 3 unspecified atom stereocenters. The van der Waals surface area contributed by atoms with E-state index >= 15 is 0 Å². The number of hydrogen-bond acceptors (Lipinski definition) is 5. The predicted octanol–water partition coefficient (Wildman–Crippen LogP) is 20.1. The number of phosphoric ester groups is 1. The molecular formula is C65H128N2O6P+. The zero-order valence-electron chi connectivity index (χ0n) is 50.1. The number of aliphatic hydroxyl groups excluding tert-OH is 1. The van der Waals surface area contributed by atoms with Crippen LogP contribution in [0, 0.1) is 0 Å². The summed E-state index contributed by atoms with van der Waals surface area (Å²) in [6.07, 6.45) is 73.6. The number of carbonyl (C=O) groups is 1. The molecule has 74 heavy (non-hydrogen) atoms. The van der Waals surface area contributed by atoms with E-state index < -0.39 is 20.0 Å². The van der Waals surface area contributed by atoms with Gasteiger partial charge in [-0.2, -0.15) is 0 Å². The van der Waals surface area contributed by atoms with Crippen molar-refractivity contribution in [3.05, 3.63) is 36.5 Å². The molecule has 0 spiro atoms. The van der Waals surface area contributed by atoms with Gasteiger partial charge >= 0.3 is 7.82 Å². The first-order valence-electron chi connectivity index (χ1n) is 32.4. The lowest BCUT2D eigenvalue weighted by molar-refractivity contribution is -0.870. The van der Waals surface area contributed by atoms with E-state index in [2.05, 4.69) is 55.6 Å². The quantitative estimate of drug-likeness (QED) is 0.0243. The third-order valence-corrected chi connectivity index (χ3v) is 15.9. The second-order valence-corrected chi connectivity index (χ2v) is 25.0. The van der Waals surface area contributed by atoms with Gasteiger partial charge in [-0.05, 0) is 51.4 Å². The topological polar surface area (TPSA) is 105 Å². The molecule has 0 aromatic heterocycles. The Balaban J connectivity index is 4.10. The number of likely N-dealkylation sites (N-methyl/N-ethyl adjacent to an activating group) is 1. The molecule has 3 N–H and O–H groups in total. The van der Waals surface area contributed by atoms with Gasteiger partial charge in [0.1, 0.15) is 13.2 Å². The van der Waals surface area contributed by atoms with Crippen LogP contribution in [0.5, 0.6) is 0 Å². The fourth-order valence-electron chi connectivity index (χ4n) is 9.82. The van der Waals surface area contributed by atoms with Crippen LogP contribution in [0.3, 0.4) is 0 Å². The summed E-state index contributed by atoms with van der Waals surface area (Å²) in [6.45, 7) is 4.92. The van der Waals surface area contributed by atoms with Gasteiger partial charge < -0.3 is 19.8 Å². The number of unbranched alkanes of at least 4 members (excludes halogenated alkanes) is 41. The number of quaternary nitrogens is 1. The van der Waals surface area contributed by atoms with Crippen LogP contribution in [0.15, 0.2) is 36.5 Å². The summed E-state index contributed by atoms with van der Waals surface area (Å²) in [4.78, 5) is 23.4. The molecule has 0 radical (unpaired) electrons. The third-order valence-electron chi connectivity index (χ3n) is 14.9. The summed E-state index contributed by atoms with van der Waals surface area (Å²) in [7, 11) is 1.62. The molecular weight excluding hydrogens is 936 g/mol. The molecule has 0 rings (SSSR count). The number of hydrogen-bond donors (Lipinski definition) is 3. The maximum absolute atomic E-state index is 13.0. The first-order chi connectivity index (χ1) is 36.0. The Hall–Kier alpha value is -1.28. The maximum Gasteiger partial charge on any atom is 0.472 e. The number of phosphoric acid groups is 1. The van der Waals surface area contributed by atoms with Crippen molar-refractivity contribution < 1.29 is 32.9 Å². The minimum absolute atomic E-state index is 0.0743. The lowest BCUT2D eigenvalue weighted by Gasteiger charge is -2.26. The SMILES string of the molecule is CCCCCCC/C=C\C/C=C\C/C=C\CCCCCCCCCCCCC(=O)NC(COP(=O)(O)OCC[N+](C)(C)C)C(O)CCCCCCCCCCCCCCCCCCCCCCCCCCCCC. The smallest absolute Gasteiger partial charge is 0.391 e. The van der Waals surface area contributed by atoms with E-state index in [1.807, 2.05) is 21.1 Å². The van der Waals surface area contributed by atoms with Gasteiger partial charge in [0, 0.05) is 6.42 Å². The third kappa shape index (κ3) is 58.4. The highest BCUT2D eigenvalue weighted by atomic mass is 31.2. The van der Waals surface area contributed by atoms with Crippen molar-refractivity contribution in [2.75, 3.05) is 40.9 Å². The summed E-state index contributed by atoms with van der Waals surface area (Å²) in [5.41, 5.74) is 0. The number of allylic oxidation sites excluding steroid dienone is 6. The van der Waals surface area contributed by atoms with Crippen molar-refractivity contribution in [3.8, 4) is 0 Å². The summed E-state index contributed by atoms with van der Waals surface area (Å²) >= 11 is 0. The zero-order valence-corrected chi connectivity index (χ0v) is 51.0. The Morgan fingerprint density at radius 1 is 0.459 bits per heavy atom. The molecule has 438 valence electrons. The number of amides is 1. The fraction of sp³-hybridized carbons (Fsp3) is 0.892. The molecule has 0 aliphatic heterocycles. The molecule has 0 saturated carbocycles. The van der Waals surface area contributed by atoms with Crippen LogP contribution < -0.4 is 5.32 Å². The lowest BCUT2D eigenvalue weighted by Crippen LogP contribution is -2.46. The largest absolute Gasteiger partial charge is 0.472 e. The number of nitrogens with zero attached hydrogens (tertiary/aromatic N) is 1. The molecule has 1 amide bonds. The average Bonchev–Trinajstić information content (AvgIpc) is 3.36. The van der Waals surface area contributed by atoms with Crippen molar-refractivity contribution >= 4 is 13.7 Å². The van der Waals surface area contributed by atoms with E-state index in [0.29, 0.717) is 23.9 Å². The van der Waals surface area contributed by atoms with Gasteiger partial charge in [-0.1, -0.05) is 301 Å². The highest BCUT2D eigenvalue weighted by Gasteiger charge is 2.28. The van der Waals surface area contributed by atoms with Crippen molar-refractivity contribution in [3.63, 3.8) is 0 Å². The van der Waals surface area contributed by atoms with Gasteiger partial charge in [-0.25, -0.2) is 4.57 Å². The first kappa shape index (κ1) is 72.7. The Morgan fingerprint density at radius 2 is 0.770 bits per heavy atom. The van der Waals surface area contributed by atoms with Gasteiger partial charge in [-0.3, -0.25) is 13.8 Å². The molecule has 0 aliphatic rings. The van der Waals surface area contributed by atoms with Gasteiger partial charge in [-0.15, -0.1) is 0 Å². The number of carbonyl (C=O) groups excluding carboxylic acids is 1. The monoisotopic (exact) mass is 1060 g/mol. The van der Waals surface area contributed by atoms with Gasteiger partial charge in [0.2, 0.25) is 5.91 Å². The van der Waals surface area contributed by atoms with Gasteiger partial charge in [0.25, 0.3) is 0 Å². The Labute approximate surface area is 461 Å². The maximum atomic E-state index is 13.0. The Morgan fingerprint density at radius 3 is 1.12 bits per heavy atom. The molecule has 0 heterocycles. The van der Waals surface area contributed by atoms with Crippen molar-refractivity contribution in [2.24, 2.45) is 0 Å². The number of rotatable bonds is 60. The van der Waals surface area contributed by atoms with E-state index in [0.717, 1.165) is 51.4 Å². The van der Waals surface area contributed by atoms with Gasteiger partial charge in [0.15, 0.2) is 0 Å². The lowest BCUT2D eigenvalue weighted by atomic mass is 10.0. The minimum Gasteiger partial charge on any atom is -0.391 e. The van der Waals surface area contributed by atoms with E-state index in [1.165, 1.54) is 244 Å². The summed E-state index contributed by atoms with van der Waals surface area (Å²) < 4.78 is 23.9. The van der Waals surface area contributed by atoms with Crippen LogP contribution in [-0.4, -0.2) is 73.4 Å². The van der Waals surface area contributed by atoms with E-state index in [4.69, 9.17) is 9.05 Å². The summed E-state index contributed by atoms with van der Waals surface area (Å²) in [5.74, 6) is -0.144. The normalized spacial score (nSPS) is 14.0. The van der Waals surface area contributed by atoms with Crippen LogP contribution in [0.25, 0.3) is 0 Å². The molecule has 0 bridgehead atoms. The van der Waals surface area contributed by atoms with Crippen molar-refractivity contribution in [1.82, 2.24) is 5.32 Å². The average molecular weight is 1060 g/mol. The molecule has 0 aromatic carbocycles. The molecule has 0 aliphatic carbocycles. The minimum atomic E-state index is -4.33. The van der Waals surface area contributed by atoms with Crippen molar-refractivity contribution in [1.29, 1.82) is 0 Å². The molecule has 0 fully saturated rings. The highest BCUT2D eigenvalue weighted by molar-refractivity contribution is 7.47. The zero-order chi connectivity index (χ0) is 54.2. The van der Waals surface area contributed by atoms with E-state index in [9.17, 15) is 19.4 Å². The molecule has 3 atom stereocenters. The molecule has 8 nitrogen and oxygen atoms in total. The fourth-order valence-corrected chi connectivity index (χ4v) is 10.6. The molecule has 9 heteroatoms. The molecule has 0 aromatic rings. The molecule has 0 saturated heterocycles. The van der Waals surface area contributed by atoms with E-state index in [1.54, 1.807) is 0 Å². The van der Waals surface area contributed by atoms with Gasteiger partial charge in [0.05, 0.1) is 39.9 Å². The predicted molar refractivity (Wildman–Crippen MR) is 323 cm³/mol. The van der Waals surface area contributed by atoms with Crippen LogP contribution in [0.2, 0.25) is 0 Å². The highest BCUT2D eigenvalue weighted by Crippen LogP contribution is 2.43. The Kier molecular flexibility index (Phi) is 55.5. The van der Waals surface area contributed by atoms with Crippen LogP contribution in [0.1, 0.15) is 322 Å². The number of nitrogens with one attached hydrogen (secondary N) is 1. The summed E-state index contributed by atoms with van der Waals surface area (Å²) in [6, 6.07) is -0.765.